The van der Waals surface area contributed by atoms with E-state index in [0.29, 0.717) is 17.7 Å². The van der Waals surface area contributed by atoms with Crippen LogP contribution < -0.4 is 5.69 Å². The maximum absolute atomic E-state index is 13.7. The summed E-state index contributed by atoms with van der Waals surface area (Å²) in [5.41, 5.74) is -4.31. The minimum atomic E-state index is -5.07. The molecule has 0 unspecified atom stereocenters. The van der Waals surface area contributed by atoms with Gasteiger partial charge in [-0.25, -0.2) is 13.8 Å². The number of morpholine rings is 1. The highest BCUT2D eigenvalue weighted by atomic mass is 31.2. The van der Waals surface area contributed by atoms with Gasteiger partial charge < -0.3 is 19.3 Å². The standard InChI is InChI=1S/C23H22F7N4O6P/c1-12(14-8-15(22(25,26)27)10-16(9-14)23(28,29)30)40-20-19(13-2-4-17(24)5-3-13)33(6-7-39-20)11-18-31-21(35)34(32-18)41(36,37)38/h2-5,8-10,12,19-20H,6-7,11H2,1H3,(H,31,32,35)(H2,36,37,38)/t12-,19+,20+/m0/s1. The number of H-pyrrole nitrogens is 1. The number of halogens is 7. The summed E-state index contributed by atoms with van der Waals surface area (Å²) >= 11 is 0. The van der Waals surface area contributed by atoms with E-state index in [1.54, 1.807) is 4.90 Å². The fraction of sp³-hybridized carbons (Fsp3) is 0.391. The fourth-order valence-corrected chi connectivity index (χ4v) is 4.81. The van der Waals surface area contributed by atoms with Crippen molar-refractivity contribution in [3.05, 3.63) is 86.8 Å². The predicted molar refractivity (Wildman–Crippen MR) is 126 cm³/mol. The Kier molecular flexibility index (Phi) is 8.51. The Morgan fingerprint density at radius 2 is 1.68 bits per heavy atom. The van der Waals surface area contributed by atoms with Crippen LogP contribution in [0.5, 0.6) is 0 Å². The van der Waals surface area contributed by atoms with Gasteiger partial charge in [0.1, 0.15) is 11.6 Å². The van der Waals surface area contributed by atoms with Crippen molar-refractivity contribution in [3.8, 4) is 0 Å². The van der Waals surface area contributed by atoms with E-state index in [2.05, 4.69) is 10.1 Å². The highest BCUT2D eigenvalue weighted by Gasteiger charge is 2.39. The Balaban J connectivity index is 1.68. The van der Waals surface area contributed by atoms with E-state index in [0.717, 1.165) is 12.1 Å². The minimum absolute atomic E-state index is 0.00603. The van der Waals surface area contributed by atoms with Gasteiger partial charge in [-0.2, -0.15) is 26.3 Å². The van der Waals surface area contributed by atoms with Crippen molar-refractivity contribution in [2.24, 2.45) is 0 Å². The van der Waals surface area contributed by atoms with Crippen LogP contribution in [-0.4, -0.2) is 48.7 Å². The molecule has 1 saturated heterocycles. The summed E-state index contributed by atoms with van der Waals surface area (Å²) in [5.74, 6) is -0.775. The largest absolute Gasteiger partial charge is 0.454 e. The average molecular weight is 614 g/mol. The van der Waals surface area contributed by atoms with E-state index in [1.165, 1.54) is 19.1 Å². The molecular formula is C23H22F7N4O6P. The van der Waals surface area contributed by atoms with Crippen LogP contribution in [0.4, 0.5) is 30.7 Å². The van der Waals surface area contributed by atoms with Crippen LogP contribution in [0.15, 0.2) is 47.3 Å². The molecule has 1 aliphatic heterocycles. The van der Waals surface area contributed by atoms with Crippen LogP contribution in [-0.2, 0) is 32.9 Å². The first-order chi connectivity index (χ1) is 18.9. The molecular weight excluding hydrogens is 592 g/mol. The van der Waals surface area contributed by atoms with Gasteiger partial charge in [0, 0.05) is 6.54 Å². The van der Waals surface area contributed by atoms with Gasteiger partial charge in [-0.1, -0.05) is 12.1 Å². The molecule has 1 aromatic heterocycles. The van der Waals surface area contributed by atoms with Crippen molar-refractivity contribution in [2.75, 3.05) is 13.2 Å². The molecule has 41 heavy (non-hydrogen) atoms. The van der Waals surface area contributed by atoms with Gasteiger partial charge in [0.2, 0.25) is 0 Å². The summed E-state index contributed by atoms with van der Waals surface area (Å²) < 4.78 is 117. The Bertz CT molecular complexity index is 1450. The van der Waals surface area contributed by atoms with Gasteiger partial charge >= 0.3 is 25.8 Å². The summed E-state index contributed by atoms with van der Waals surface area (Å²) in [6, 6.07) is 5.01. The summed E-state index contributed by atoms with van der Waals surface area (Å²) in [6.07, 6.45) is -12.8. The second-order valence-corrected chi connectivity index (χ2v) is 10.5. The zero-order chi connectivity index (χ0) is 30.3. The van der Waals surface area contributed by atoms with E-state index in [1.807, 2.05) is 0 Å². The van der Waals surface area contributed by atoms with Crippen LogP contribution in [0.25, 0.3) is 0 Å². The monoisotopic (exact) mass is 614 g/mol. The van der Waals surface area contributed by atoms with Gasteiger partial charge in [-0.15, -0.1) is 9.55 Å². The normalized spacial score (nSPS) is 19.9. The number of aromatic nitrogens is 3. The van der Waals surface area contributed by atoms with Crippen molar-refractivity contribution in [2.45, 2.75) is 44.3 Å². The van der Waals surface area contributed by atoms with Gasteiger partial charge in [-0.3, -0.25) is 9.88 Å². The highest BCUT2D eigenvalue weighted by molar-refractivity contribution is 7.49. The van der Waals surface area contributed by atoms with Gasteiger partial charge in [0.25, 0.3) is 0 Å². The highest BCUT2D eigenvalue weighted by Crippen LogP contribution is 2.40. The zero-order valence-corrected chi connectivity index (χ0v) is 21.8. The number of hydrogen-bond acceptors (Lipinski definition) is 6. The summed E-state index contributed by atoms with van der Waals surface area (Å²) in [6.45, 7) is 1.04. The molecule has 3 aromatic rings. The van der Waals surface area contributed by atoms with Gasteiger partial charge in [0.15, 0.2) is 6.29 Å². The molecule has 0 aliphatic carbocycles. The maximum atomic E-state index is 13.7. The molecule has 0 radical (unpaired) electrons. The second kappa shape index (κ2) is 11.3. The minimum Gasteiger partial charge on any atom is -0.349 e. The third-order valence-electron chi connectivity index (χ3n) is 6.19. The van der Waals surface area contributed by atoms with Crippen LogP contribution in [0.3, 0.4) is 0 Å². The smallest absolute Gasteiger partial charge is 0.349 e. The Morgan fingerprint density at radius 1 is 1.10 bits per heavy atom. The van der Waals surface area contributed by atoms with Crippen molar-refractivity contribution in [1.82, 2.24) is 19.4 Å². The zero-order valence-electron chi connectivity index (χ0n) is 20.9. The molecule has 3 atom stereocenters. The number of benzene rings is 2. The first-order valence-electron chi connectivity index (χ1n) is 11.7. The molecule has 1 fully saturated rings. The molecule has 0 spiro atoms. The average Bonchev–Trinajstić information content (AvgIpc) is 3.24. The fourth-order valence-electron chi connectivity index (χ4n) is 4.30. The number of nitrogens with one attached hydrogen (secondary N) is 1. The van der Waals surface area contributed by atoms with E-state index in [-0.39, 0.29) is 36.0 Å². The molecule has 4 rings (SSSR count). The van der Waals surface area contributed by atoms with Crippen LogP contribution in [0, 0.1) is 5.82 Å². The number of ether oxygens (including phenoxy) is 2. The molecule has 18 heteroatoms. The van der Waals surface area contributed by atoms with E-state index >= 15 is 0 Å². The Labute approximate surface area is 226 Å². The van der Waals surface area contributed by atoms with Crippen LogP contribution >= 0.6 is 7.75 Å². The van der Waals surface area contributed by atoms with Crippen LogP contribution in [0.2, 0.25) is 0 Å². The van der Waals surface area contributed by atoms with Crippen LogP contribution in [0.1, 0.15) is 47.1 Å². The number of hydrogen-bond donors (Lipinski definition) is 3. The van der Waals surface area contributed by atoms with Crippen molar-refractivity contribution in [1.29, 1.82) is 0 Å². The topological polar surface area (TPSA) is 130 Å². The molecule has 2 heterocycles. The molecule has 224 valence electrons. The Hall–Kier alpha value is -3.08. The molecule has 0 amide bonds. The third-order valence-corrected chi connectivity index (χ3v) is 6.95. The van der Waals surface area contributed by atoms with E-state index in [4.69, 9.17) is 9.47 Å². The first-order valence-corrected chi connectivity index (χ1v) is 13.3. The summed E-state index contributed by atoms with van der Waals surface area (Å²) in [5, 5.41) is 3.61. The molecule has 1 aliphatic rings. The third kappa shape index (κ3) is 7.23. The molecule has 0 saturated carbocycles. The lowest BCUT2D eigenvalue weighted by molar-refractivity contribution is -0.231. The number of nitrogens with zero attached hydrogens (tertiary/aromatic N) is 3. The maximum Gasteiger partial charge on any atom is 0.454 e. The van der Waals surface area contributed by atoms with E-state index < -0.39 is 66.7 Å². The lowest BCUT2D eigenvalue weighted by Gasteiger charge is -2.41. The predicted octanol–water partition coefficient (Wildman–Crippen LogP) is 4.37. The van der Waals surface area contributed by atoms with Crippen molar-refractivity contribution in [3.63, 3.8) is 0 Å². The van der Waals surface area contributed by atoms with Gasteiger partial charge in [-0.05, 0) is 48.4 Å². The summed E-state index contributed by atoms with van der Waals surface area (Å²) in [7, 11) is -5.07. The number of rotatable bonds is 7. The lowest BCUT2D eigenvalue weighted by Crippen LogP contribution is -2.46. The molecule has 0 bridgehead atoms. The van der Waals surface area contributed by atoms with E-state index in [9.17, 15) is 49.9 Å². The first kappa shape index (κ1) is 30.9. The van der Waals surface area contributed by atoms with Gasteiger partial charge in [0.05, 0.1) is 36.4 Å². The quantitative estimate of drug-likeness (QED) is 0.265. The molecule has 2 aromatic carbocycles. The molecule has 3 N–H and O–H groups in total. The molecule has 10 nitrogen and oxygen atoms in total. The SMILES string of the molecule is C[C@H](O[C@H]1OCCN(Cc2nn(P(=O)(O)O)c(=O)[nH]2)[C@@H]1c1ccc(F)cc1)c1cc(C(F)(F)F)cc(C(F)(F)F)c1. The second-order valence-electron chi connectivity index (χ2n) is 9.10. The summed E-state index contributed by atoms with van der Waals surface area (Å²) in [4.78, 5) is 34.3. The number of aromatic amines is 1. The van der Waals surface area contributed by atoms with Crippen molar-refractivity contribution >= 4 is 7.75 Å². The Morgan fingerprint density at radius 3 is 2.20 bits per heavy atom. The van der Waals surface area contributed by atoms with Crippen molar-refractivity contribution < 1.29 is 54.6 Å². The lowest BCUT2D eigenvalue weighted by atomic mass is 10.0. The number of alkyl halides is 6.